The molecule has 0 saturated heterocycles. The Balaban J connectivity index is 1.88. The van der Waals surface area contributed by atoms with E-state index in [0.717, 1.165) is 16.7 Å². The van der Waals surface area contributed by atoms with Gasteiger partial charge in [-0.05, 0) is 43.9 Å². The number of hydrogen-bond acceptors (Lipinski definition) is 4. The Kier molecular flexibility index (Phi) is 8.42. The van der Waals surface area contributed by atoms with Gasteiger partial charge in [-0.1, -0.05) is 91.0 Å². The first-order valence-corrected chi connectivity index (χ1v) is 11.7. The molecule has 2 amide bonds. The minimum Gasteiger partial charge on any atom is -0.444 e. The fraction of sp³-hybridized carbons (Fsp3) is 0.276. The first-order chi connectivity index (χ1) is 16.7. The van der Waals surface area contributed by atoms with Gasteiger partial charge in [-0.15, -0.1) is 0 Å². The molecule has 0 spiro atoms. The second-order valence-corrected chi connectivity index (χ2v) is 9.32. The molecule has 0 radical (unpaired) electrons. The van der Waals surface area contributed by atoms with Crippen LogP contribution < -0.4 is 10.6 Å². The normalized spacial score (nSPS) is 12.3. The lowest BCUT2D eigenvalue weighted by atomic mass is 9.77. The fourth-order valence-electron chi connectivity index (χ4n) is 3.97. The third kappa shape index (κ3) is 6.79. The van der Waals surface area contributed by atoms with Crippen molar-refractivity contribution in [3.63, 3.8) is 0 Å². The van der Waals surface area contributed by atoms with Crippen LogP contribution in [0.5, 0.6) is 0 Å². The molecule has 0 aliphatic rings. The van der Waals surface area contributed by atoms with Crippen LogP contribution >= 0.6 is 0 Å². The van der Waals surface area contributed by atoms with Crippen LogP contribution in [0.2, 0.25) is 0 Å². The number of benzene rings is 3. The van der Waals surface area contributed by atoms with E-state index in [4.69, 9.17) is 4.74 Å². The molecule has 0 aliphatic carbocycles. The molecule has 2 N–H and O–H groups in total. The van der Waals surface area contributed by atoms with Gasteiger partial charge in [-0.25, -0.2) is 4.79 Å². The van der Waals surface area contributed by atoms with Gasteiger partial charge in [-0.3, -0.25) is 4.79 Å². The van der Waals surface area contributed by atoms with Gasteiger partial charge in [0.2, 0.25) is 5.91 Å². The van der Waals surface area contributed by atoms with Crippen molar-refractivity contribution >= 4 is 18.3 Å². The van der Waals surface area contributed by atoms with Crippen molar-refractivity contribution in [1.29, 1.82) is 0 Å². The zero-order chi connectivity index (χ0) is 25.3. The Hall–Kier alpha value is -3.93. The Morgan fingerprint density at radius 2 is 1.23 bits per heavy atom. The molecule has 0 aromatic heterocycles. The Labute approximate surface area is 206 Å². The molecular formula is C29H32N2O4. The second-order valence-electron chi connectivity index (χ2n) is 9.32. The lowest BCUT2D eigenvalue weighted by Crippen LogP contribution is -2.48. The van der Waals surface area contributed by atoms with Crippen molar-refractivity contribution in [2.45, 2.75) is 50.8 Å². The SMILES string of the molecule is CC(C)(C)OC(=O)NC(C=O)CCC(=O)NC(c1ccccc1)(c1ccccc1)c1ccccc1. The van der Waals surface area contributed by atoms with E-state index < -0.39 is 23.3 Å². The lowest BCUT2D eigenvalue weighted by Gasteiger charge is -2.37. The van der Waals surface area contributed by atoms with Crippen LogP contribution in [0.1, 0.15) is 50.3 Å². The Morgan fingerprint density at radius 1 is 0.800 bits per heavy atom. The van der Waals surface area contributed by atoms with E-state index in [1.807, 2.05) is 91.0 Å². The van der Waals surface area contributed by atoms with Gasteiger partial charge in [0.25, 0.3) is 0 Å². The molecule has 182 valence electrons. The standard InChI is InChI=1S/C29H32N2O4/c1-28(2,3)35-27(34)30-25(21-32)19-20-26(33)31-29(22-13-7-4-8-14-22,23-15-9-5-10-16-23)24-17-11-6-12-18-24/h4-18,21,25H,19-20H2,1-3H3,(H,30,34)(H,31,33). The first kappa shape index (κ1) is 25.7. The number of ether oxygens (including phenoxy) is 1. The summed E-state index contributed by atoms with van der Waals surface area (Å²) >= 11 is 0. The molecule has 3 aromatic rings. The quantitative estimate of drug-likeness (QED) is 0.340. The Bertz CT molecular complexity index is 1010. The topological polar surface area (TPSA) is 84.5 Å². The maximum atomic E-state index is 13.3. The number of amides is 2. The average Bonchev–Trinajstić information content (AvgIpc) is 2.85. The van der Waals surface area contributed by atoms with Crippen LogP contribution in [0.25, 0.3) is 0 Å². The van der Waals surface area contributed by atoms with E-state index in [0.29, 0.717) is 6.29 Å². The van der Waals surface area contributed by atoms with Crippen LogP contribution in [0.15, 0.2) is 91.0 Å². The highest BCUT2D eigenvalue weighted by atomic mass is 16.6. The van der Waals surface area contributed by atoms with Crippen molar-refractivity contribution in [3.8, 4) is 0 Å². The van der Waals surface area contributed by atoms with Gasteiger partial charge in [0.05, 0.1) is 6.04 Å². The maximum absolute atomic E-state index is 13.3. The van der Waals surface area contributed by atoms with Gasteiger partial charge in [0.1, 0.15) is 17.4 Å². The predicted molar refractivity (Wildman–Crippen MR) is 136 cm³/mol. The van der Waals surface area contributed by atoms with E-state index in [2.05, 4.69) is 10.6 Å². The van der Waals surface area contributed by atoms with Crippen LogP contribution in [0, 0.1) is 0 Å². The molecule has 0 bridgehead atoms. The number of nitrogens with one attached hydrogen (secondary N) is 2. The van der Waals surface area contributed by atoms with Crippen molar-refractivity contribution in [2.24, 2.45) is 0 Å². The molecule has 1 atom stereocenters. The van der Waals surface area contributed by atoms with E-state index in [-0.39, 0.29) is 18.7 Å². The molecule has 0 fully saturated rings. The van der Waals surface area contributed by atoms with Crippen molar-refractivity contribution in [2.75, 3.05) is 0 Å². The molecule has 0 heterocycles. The summed E-state index contributed by atoms with van der Waals surface area (Å²) in [5.41, 5.74) is 1.10. The summed E-state index contributed by atoms with van der Waals surface area (Å²) in [6.45, 7) is 5.23. The van der Waals surface area contributed by atoms with E-state index in [9.17, 15) is 14.4 Å². The zero-order valence-electron chi connectivity index (χ0n) is 20.4. The van der Waals surface area contributed by atoms with Gasteiger partial charge in [0.15, 0.2) is 0 Å². The fourth-order valence-corrected chi connectivity index (χ4v) is 3.97. The molecule has 3 rings (SSSR count). The molecule has 3 aromatic carbocycles. The Morgan fingerprint density at radius 3 is 1.60 bits per heavy atom. The van der Waals surface area contributed by atoms with Crippen molar-refractivity contribution in [3.05, 3.63) is 108 Å². The van der Waals surface area contributed by atoms with Crippen LogP contribution in [0.3, 0.4) is 0 Å². The first-order valence-electron chi connectivity index (χ1n) is 11.7. The smallest absolute Gasteiger partial charge is 0.408 e. The minimum atomic E-state index is -0.934. The van der Waals surface area contributed by atoms with Crippen molar-refractivity contribution < 1.29 is 19.1 Å². The highest BCUT2D eigenvalue weighted by molar-refractivity contribution is 5.80. The number of hydrogen-bond donors (Lipinski definition) is 2. The summed E-state index contributed by atoms with van der Waals surface area (Å²) in [5, 5.41) is 5.78. The number of aldehydes is 1. The van der Waals surface area contributed by atoms with Crippen LogP contribution in [-0.2, 0) is 19.9 Å². The second kappa shape index (κ2) is 11.5. The molecule has 0 saturated carbocycles. The number of carbonyl (C=O) groups is 3. The molecular weight excluding hydrogens is 440 g/mol. The summed E-state index contributed by atoms with van der Waals surface area (Å²) in [7, 11) is 0. The molecule has 0 aliphatic heterocycles. The number of alkyl carbamates (subject to hydrolysis) is 1. The summed E-state index contributed by atoms with van der Waals surface area (Å²) in [5.74, 6) is -0.251. The van der Waals surface area contributed by atoms with Crippen LogP contribution in [0.4, 0.5) is 4.79 Å². The average molecular weight is 473 g/mol. The number of carbonyl (C=O) groups excluding carboxylic acids is 3. The summed E-state index contributed by atoms with van der Waals surface area (Å²) in [6.07, 6.45) is 0.106. The molecule has 35 heavy (non-hydrogen) atoms. The molecule has 6 heteroatoms. The third-order valence-electron chi connectivity index (χ3n) is 5.50. The van der Waals surface area contributed by atoms with Crippen LogP contribution in [-0.4, -0.2) is 29.9 Å². The highest BCUT2D eigenvalue weighted by Crippen LogP contribution is 2.36. The highest BCUT2D eigenvalue weighted by Gasteiger charge is 2.37. The predicted octanol–water partition coefficient (Wildman–Crippen LogP) is 4.97. The summed E-state index contributed by atoms with van der Waals surface area (Å²) in [4.78, 5) is 37.0. The monoisotopic (exact) mass is 472 g/mol. The molecule has 1 unspecified atom stereocenters. The lowest BCUT2D eigenvalue weighted by molar-refractivity contribution is -0.122. The molecule has 6 nitrogen and oxygen atoms in total. The van der Waals surface area contributed by atoms with Gasteiger partial charge >= 0.3 is 6.09 Å². The third-order valence-corrected chi connectivity index (χ3v) is 5.50. The number of rotatable bonds is 9. The van der Waals surface area contributed by atoms with E-state index >= 15 is 0 Å². The van der Waals surface area contributed by atoms with Gasteiger partial charge in [0, 0.05) is 6.42 Å². The van der Waals surface area contributed by atoms with Crippen molar-refractivity contribution in [1.82, 2.24) is 10.6 Å². The summed E-state index contributed by atoms with van der Waals surface area (Å²) in [6, 6.07) is 28.5. The maximum Gasteiger partial charge on any atom is 0.408 e. The van der Waals surface area contributed by atoms with Gasteiger partial charge < -0.3 is 20.2 Å². The largest absolute Gasteiger partial charge is 0.444 e. The minimum absolute atomic E-state index is 0.0352. The van der Waals surface area contributed by atoms with E-state index in [1.165, 1.54) is 0 Å². The zero-order valence-corrected chi connectivity index (χ0v) is 20.4. The summed E-state index contributed by atoms with van der Waals surface area (Å²) < 4.78 is 5.22. The van der Waals surface area contributed by atoms with Gasteiger partial charge in [-0.2, -0.15) is 0 Å². The van der Waals surface area contributed by atoms with E-state index in [1.54, 1.807) is 20.8 Å².